The summed E-state index contributed by atoms with van der Waals surface area (Å²) in [5.74, 6) is 0.897. The number of hydrogen-bond acceptors (Lipinski definition) is 2. The van der Waals surface area contributed by atoms with Crippen LogP contribution in [0.1, 0.15) is 50.9 Å². The summed E-state index contributed by atoms with van der Waals surface area (Å²) in [6, 6.07) is 8.70. The van der Waals surface area contributed by atoms with E-state index in [0.29, 0.717) is 12.5 Å². The van der Waals surface area contributed by atoms with Crippen molar-refractivity contribution in [3.05, 3.63) is 35.4 Å². The molecule has 1 amide bonds. The Bertz CT molecular complexity index is 470. The molecule has 2 atom stereocenters. The molecule has 1 saturated heterocycles. The lowest BCUT2D eigenvalue weighted by Gasteiger charge is -2.31. The fraction of sp³-hybridized carbons (Fsp3) is 0.588. The van der Waals surface area contributed by atoms with Crippen molar-refractivity contribution in [1.82, 2.24) is 10.2 Å². The molecule has 0 spiro atoms. The van der Waals surface area contributed by atoms with Gasteiger partial charge in [0, 0.05) is 6.04 Å². The molecular weight excluding hydrogens is 248 g/mol. The maximum atomic E-state index is 12.2. The van der Waals surface area contributed by atoms with Crippen LogP contribution in [-0.4, -0.2) is 23.4 Å². The van der Waals surface area contributed by atoms with Crippen LogP contribution in [0.2, 0.25) is 0 Å². The van der Waals surface area contributed by atoms with Crippen LogP contribution in [0.3, 0.4) is 0 Å². The van der Waals surface area contributed by atoms with Gasteiger partial charge in [-0.2, -0.15) is 0 Å². The predicted molar refractivity (Wildman–Crippen MR) is 82.3 cm³/mol. The topological polar surface area (TPSA) is 32.3 Å². The van der Waals surface area contributed by atoms with Crippen LogP contribution < -0.4 is 5.32 Å². The average Bonchev–Trinajstić information content (AvgIpc) is 2.78. The Morgan fingerprint density at radius 1 is 1.30 bits per heavy atom. The van der Waals surface area contributed by atoms with Gasteiger partial charge in [-0.15, -0.1) is 0 Å². The highest BCUT2D eigenvalue weighted by Crippen LogP contribution is 2.27. The first kappa shape index (κ1) is 15.0. The number of hydrogen-bond donors (Lipinski definition) is 1. The molecule has 0 radical (unpaired) electrons. The van der Waals surface area contributed by atoms with E-state index < -0.39 is 0 Å². The summed E-state index contributed by atoms with van der Waals surface area (Å²) in [6.07, 6.45) is 2.25. The van der Waals surface area contributed by atoms with Gasteiger partial charge in [0.2, 0.25) is 5.91 Å². The summed E-state index contributed by atoms with van der Waals surface area (Å²) in [5, 5.41) is 3.34. The van der Waals surface area contributed by atoms with Crippen molar-refractivity contribution in [2.24, 2.45) is 5.92 Å². The third-order valence-corrected chi connectivity index (χ3v) is 4.01. The molecule has 1 aliphatic rings. The van der Waals surface area contributed by atoms with Crippen molar-refractivity contribution in [1.29, 1.82) is 0 Å². The highest BCUT2D eigenvalue weighted by atomic mass is 16.2. The summed E-state index contributed by atoms with van der Waals surface area (Å²) in [6.45, 7) is 9.16. The van der Waals surface area contributed by atoms with Crippen molar-refractivity contribution < 1.29 is 4.79 Å². The molecule has 1 aromatic carbocycles. The molecule has 0 aromatic heterocycles. The SMILES string of the molecule is Cc1cccc(C2NCC(=O)N2C(C)CCC(C)C)c1. The Labute approximate surface area is 122 Å². The first-order valence-corrected chi connectivity index (χ1v) is 7.60. The van der Waals surface area contributed by atoms with Gasteiger partial charge in [0.1, 0.15) is 6.17 Å². The Kier molecular flexibility index (Phi) is 4.81. The van der Waals surface area contributed by atoms with E-state index in [1.165, 1.54) is 11.1 Å². The third-order valence-electron chi connectivity index (χ3n) is 4.01. The molecule has 0 saturated carbocycles. The molecule has 1 heterocycles. The number of carbonyl (C=O) groups is 1. The van der Waals surface area contributed by atoms with Gasteiger partial charge in [-0.05, 0) is 38.2 Å². The second-order valence-corrected chi connectivity index (χ2v) is 6.32. The fourth-order valence-electron chi connectivity index (χ4n) is 2.85. The van der Waals surface area contributed by atoms with Crippen LogP contribution in [0.4, 0.5) is 0 Å². The zero-order valence-electron chi connectivity index (χ0n) is 13.0. The van der Waals surface area contributed by atoms with Crippen molar-refractivity contribution in [2.45, 2.75) is 52.7 Å². The highest BCUT2D eigenvalue weighted by Gasteiger charge is 2.34. The van der Waals surface area contributed by atoms with Crippen molar-refractivity contribution >= 4 is 5.91 Å². The predicted octanol–water partition coefficient (Wildman–Crippen LogP) is 3.25. The van der Waals surface area contributed by atoms with E-state index >= 15 is 0 Å². The van der Waals surface area contributed by atoms with E-state index in [4.69, 9.17) is 0 Å². The Balaban J connectivity index is 2.14. The van der Waals surface area contributed by atoms with E-state index in [2.05, 4.69) is 57.3 Å². The number of nitrogens with zero attached hydrogens (tertiary/aromatic N) is 1. The zero-order valence-corrected chi connectivity index (χ0v) is 13.0. The second-order valence-electron chi connectivity index (χ2n) is 6.32. The fourth-order valence-corrected chi connectivity index (χ4v) is 2.85. The maximum Gasteiger partial charge on any atom is 0.238 e. The molecule has 1 aromatic rings. The van der Waals surface area contributed by atoms with Gasteiger partial charge in [0.15, 0.2) is 0 Å². The lowest BCUT2D eigenvalue weighted by Crippen LogP contribution is -2.38. The largest absolute Gasteiger partial charge is 0.319 e. The molecule has 0 bridgehead atoms. The molecule has 1 N–H and O–H groups in total. The van der Waals surface area contributed by atoms with Crippen LogP contribution in [-0.2, 0) is 4.79 Å². The van der Waals surface area contributed by atoms with Crippen molar-refractivity contribution in [3.63, 3.8) is 0 Å². The lowest BCUT2D eigenvalue weighted by atomic mass is 10.0. The first-order valence-electron chi connectivity index (χ1n) is 7.60. The molecule has 20 heavy (non-hydrogen) atoms. The van der Waals surface area contributed by atoms with E-state index in [9.17, 15) is 4.79 Å². The first-order chi connectivity index (χ1) is 9.49. The molecule has 0 aliphatic carbocycles. The monoisotopic (exact) mass is 274 g/mol. The van der Waals surface area contributed by atoms with E-state index in [1.54, 1.807) is 0 Å². The van der Waals surface area contributed by atoms with Crippen LogP contribution in [0.15, 0.2) is 24.3 Å². The minimum absolute atomic E-state index is 0.0320. The van der Waals surface area contributed by atoms with E-state index in [0.717, 1.165) is 12.8 Å². The quantitative estimate of drug-likeness (QED) is 0.894. The van der Waals surface area contributed by atoms with Gasteiger partial charge in [-0.25, -0.2) is 0 Å². The minimum atomic E-state index is 0.0320. The second kappa shape index (κ2) is 6.40. The summed E-state index contributed by atoms with van der Waals surface area (Å²) in [7, 11) is 0. The van der Waals surface area contributed by atoms with Crippen molar-refractivity contribution in [2.75, 3.05) is 6.54 Å². The van der Waals surface area contributed by atoms with Gasteiger partial charge in [-0.1, -0.05) is 43.7 Å². The van der Waals surface area contributed by atoms with Crippen LogP contribution in [0.5, 0.6) is 0 Å². The van der Waals surface area contributed by atoms with E-state index in [-0.39, 0.29) is 18.1 Å². The minimum Gasteiger partial charge on any atom is -0.319 e. The maximum absolute atomic E-state index is 12.2. The molecule has 2 unspecified atom stereocenters. The number of rotatable bonds is 5. The Morgan fingerprint density at radius 2 is 2.05 bits per heavy atom. The zero-order chi connectivity index (χ0) is 14.7. The summed E-state index contributed by atoms with van der Waals surface area (Å²) in [5.41, 5.74) is 2.42. The Hall–Kier alpha value is -1.35. The smallest absolute Gasteiger partial charge is 0.238 e. The molecule has 2 rings (SSSR count). The molecule has 1 fully saturated rings. The van der Waals surface area contributed by atoms with Gasteiger partial charge < -0.3 is 4.90 Å². The lowest BCUT2D eigenvalue weighted by molar-refractivity contribution is -0.130. The molecule has 110 valence electrons. The molecule has 1 aliphatic heterocycles. The van der Waals surface area contributed by atoms with Gasteiger partial charge in [0.25, 0.3) is 0 Å². The van der Waals surface area contributed by atoms with Gasteiger partial charge >= 0.3 is 0 Å². The van der Waals surface area contributed by atoms with Gasteiger partial charge in [0.05, 0.1) is 6.54 Å². The summed E-state index contributed by atoms with van der Waals surface area (Å²) < 4.78 is 0. The standard InChI is InChI=1S/C17H26N2O/c1-12(2)8-9-14(4)19-16(20)11-18-17(19)15-7-5-6-13(3)10-15/h5-7,10,12,14,17-18H,8-9,11H2,1-4H3. The van der Waals surface area contributed by atoms with Gasteiger partial charge in [-0.3, -0.25) is 10.1 Å². The normalized spacial score (nSPS) is 20.8. The number of benzene rings is 1. The molecular formula is C17H26N2O. The van der Waals surface area contributed by atoms with E-state index in [1.807, 2.05) is 4.90 Å². The van der Waals surface area contributed by atoms with Crippen LogP contribution >= 0.6 is 0 Å². The number of aryl methyl sites for hydroxylation is 1. The number of nitrogens with one attached hydrogen (secondary N) is 1. The van der Waals surface area contributed by atoms with Crippen LogP contribution in [0.25, 0.3) is 0 Å². The average molecular weight is 274 g/mol. The number of carbonyl (C=O) groups excluding carboxylic acids is 1. The Morgan fingerprint density at radius 3 is 2.70 bits per heavy atom. The van der Waals surface area contributed by atoms with Crippen LogP contribution in [0, 0.1) is 12.8 Å². The summed E-state index contributed by atoms with van der Waals surface area (Å²) in [4.78, 5) is 14.2. The third kappa shape index (κ3) is 3.40. The number of amides is 1. The summed E-state index contributed by atoms with van der Waals surface area (Å²) >= 11 is 0. The molecule has 3 heteroatoms. The van der Waals surface area contributed by atoms with Crippen molar-refractivity contribution in [3.8, 4) is 0 Å². The highest BCUT2D eigenvalue weighted by molar-refractivity contribution is 5.81. The molecule has 3 nitrogen and oxygen atoms in total.